The maximum Gasteiger partial charge on any atom is 0.306 e. The third kappa shape index (κ3) is 3.47. The minimum absolute atomic E-state index is 0.0239. The number of amides is 1. The van der Waals surface area contributed by atoms with E-state index in [0.29, 0.717) is 25.7 Å². The molecule has 2 rings (SSSR count). The van der Waals surface area contributed by atoms with E-state index in [1.807, 2.05) is 0 Å². The molecule has 1 saturated carbocycles. The van der Waals surface area contributed by atoms with Crippen LogP contribution in [0, 0.1) is 5.92 Å². The number of rotatable bonds is 5. The van der Waals surface area contributed by atoms with Gasteiger partial charge in [0.2, 0.25) is 10.0 Å². The molecular weight excluding hydrogens is 310 g/mol. The Labute approximate surface area is 128 Å². The Morgan fingerprint density at radius 1 is 1.32 bits per heavy atom. The zero-order valence-electron chi connectivity index (χ0n) is 12.2. The molecule has 0 atom stereocenters. The number of carboxylic acid groups (broad SMARTS) is 1. The zero-order valence-corrected chi connectivity index (χ0v) is 13.0. The Bertz CT molecular complexity index is 687. The summed E-state index contributed by atoms with van der Waals surface area (Å²) in [5.74, 6) is -1.94. The quantitative estimate of drug-likeness (QED) is 0.702. The summed E-state index contributed by atoms with van der Waals surface area (Å²) in [6, 6.07) is 0.936. The van der Waals surface area contributed by atoms with Gasteiger partial charge in [-0.15, -0.1) is 0 Å². The van der Waals surface area contributed by atoms with Crippen molar-refractivity contribution in [1.29, 1.82) is 0 Å². The molecule has 1 aliphatic rings. The second kappa shape index (κ2) is 6.09. The van der Waals surface area contributed by atoms with Crippen molar-refractivity contribution in [3.05, 3.63) is 18.0 Å². The number of hydrogen-bond acceptors (Lipinski definition) is 4. The van der Waals surface area contributed by atoms with Gasteiger partial charge in [0.15, 0.2) is 0 Å². The minimum atomic E-state index is -3.76. The van der Waals surface area contributed by atoms with Gasteiger partial charge in [-0.1, -0.05) is 0 Å². The van der Waals surface area contributed by atoms with Crippen molar-refractivity contribution in [3.63, 3.8) is 0 Å². The van der Waals surface area contributed by atoms with E-state index < -0.39 is 27.8 Å². The average Bonchev–Trinajstić information content (AvgIpc) is 2.82. The highest BCUT2D eigenvalue weighted by atomic mass is 32.2. The number of nitrogens with zero attached hydrogens (tertiary/aromatic N) is 1. The zero-order chi connectivity index (χ0) is 16.5. The molecule has 0 spiro atoms. The van der Waals surface area contributed by atoms with Gasteiger partial charge in [0.25, 0.3) is 5.91 Å². The van der Waals surface area contributed by atoms with Crippen molar-refractivity contribution >= 4 is 21.9 Å². The maximum atomic E-state index is 12.3. The summed E-state index contributed by atoms with van der Waals surface area (Å²) in [4.78, 5) is 22.0. The second-order valence-electron chi connectivity index (χ2n) is 5.54. The molecule has 9 heteroatoms. The first-order valence-corrected chi connectivity index (χ1v) is 8.40. The molecule has 0 aliphatic heterocycles. The molecule has 1 fully saturated rings. The maximum absolute atomic E-state index is 12.3. The largest absolute Gasteiger partial charge is 0.481 e. The van der Waals surface area contributed by atoms with Crippen molar-refractivity contribution < 1.29 is 23.1 Å². The molecule has 122 valence electrons. The monoisotopic (exact) mass is 329 g/mol. The van der Waals surface area contributed by atoms with E-state index in [4.69, 9.17) is 10.8 Å². The molecule has 4 N–H and O–H groups in total. The van der Waals surface area contributed by atoms with Crippen LogP contribution in [0.1, 0.15) is 36.2 Å². The number of aliphatic carboxylic acids is 1. The van der Waals surface area contributed by atoms with Crippen LogP contribution >= 0.6 is 0 Å². The molecule has 1 aromatic heterocycles. The van der Waals surface area contributed by atoms with Crippen LogP contribution in [0.15, 0.2) is 17.2 Å². The lowest BCUT2D eigenvalue weighted by Gasteiger charge is -2.26. The van der Waals surface area contributed by atoms with E-state index in [-0.39, 0.29) is 16.6 Å². The van der Waals surface area contributed by atoms with Gasteiger partial charge in [-0.25, -0.2) is 13.1 Å². The predicted molar refractivity (Wildman–Crippen MR) is 77.6 cm³/mol. The van der Waals surface area contributed by atoms with E-state index in [1.54, 1.807) is 0 Å². The van der Waals surface area contributed by atoms with Gasteiger partial charge in [-0.2, -0.15) is 0 Å². The topological polar surface area (TPSA) is 131 Å². The SMILES string of the molecule is Cn1cc(S(=O)(=O)NC2CCC(C(=O)O)CC2)cc1C(N)=O. The Balaban J connectivity index is 2.07. The molecule has 0 saturated heterocycles. The predicted octanol–water partition coefficient (Wildman–Crippen LogP) is 0.0457. The first-order valence-electron chi connectivity index (χ1n) is 6.92. The second-order valence-corrected chi connectivity index (χ2v) is 7.26. The smallest absolute Gasteiger partial charge is 0.306 e. The number of carboxylic acids is 1. The highest BCUT2D eigenvalue weighted by Crippen LogP contribution is 2.25. The molecule has 1 aliphatic carbocycles. The highest BCUT2D eigenvalue weighted by molar-refractivity contribution is 7.89. The van der Waals surface area contributed by atoms with Gasteiger partial charge in [0, 0.05) is 19.3 Å². The van der Waals surface area contributed by atoms with Crippen LogP contribution in [-0.4, -0.2) is 36.0 Å². The average molecular weight is 329 g/mol. The van der Waals surface area contributed by atoms with Gasteiger partial charge in [0.05, 0.1) is 5.92 Å². The standard InChI is InChI=1S/C13H19N3O5S/c1-16-7-10(6-11(16)12(14)17)22(20,21)15-9-4-2-8(3-5-9)13(18)19/h6-9,15H,2-5H2,1H3,(H2,14,17)(H,18,19). The van der Waals surface area contributed by atoms with Crippen LogP contribution in [0.2, 0.25) is 0 Å². The van der Waals surface area contributed by atoms with Crippen LogP contribution in [-0.2, 0) is 21.9 Å². The molecule has 8 nitrogen and oxygen atoms in total. The van der Waals surface area contributed by atoms with Crippen LogP contribution in [0.25, 0.3) is 0 Å². The first-order chi connectivity index (χ1) is 10.2. The number of carbonyl (C=O) groups is 2. The van der Waals surface area contributed by atoms with E-state index in [1.165, 1.54) is 23.9 Å². The summed E-state index contributed by atoms with van der Waals surface area (Å²) in [6.45, 7) is 0. The fraction of sp³-hybridized carbons (Fsp3) is 0.538. The molecule has 1 amide bonds. The third-order valence-corrected chi connectivity index (χ3v) is 5.43. The van der Waals surface area contributed by atoms with Crippen molar-refractivity contribution in [2.75, 3.05) is 0 Å². The van der Waals surface area contributed by atoms with Gasteiger partial charge in [0.1, 0.15) is 10.6 Å². The van der Waals surface area contributed by atoms with Gasteiger partial charge >= 0.3 is 5.97 Å². The molecule has 0 unspecified atom stereocenters. The Morgan fingerprint density at radius 2 is 1.91 bits per heavy atom. The van der Waals surface area contributed by atoms with Crippen LogP contribution in [0.3, 0.4) is 0 Å². The Morgan fingerprint density at radius 3 is 2.36 bits per heavy atom. The summed E-state index contributed by atoms with van der Waals surface area (Å²) < 4.78 is 28.5. The number of nitrogens with two attached hydrogens (primary N) is 1. The summed E-state index contributed by atoms with van der Waals surface area (Å²) in [6.07, 6.45) is 3.18. The molecule has 0 radical (unpaired) electrons. The molecule has 1 aromatic rings. The number of hydrogen-bond donors (Lipinski definition) is 3. The lowest BCUT2D eigenvalue weighted by Crippen LogP contribution is -2.38. The summed E-state index contributed by atoms with van der Waals surface area (Å²) in [5, 5.41) is 8.94. The van der Waals surface area contributed by atoms with E-state index in [0.717, 1.165) is 0 Å². The van der Waals surface area contributed by atoms with Gasteiger partial charge < -0.3 is 15.4 Å². The van der Waals surface area contributed by atoms with Crippen molar-refractivity contribution in [2.45, 2.75) is 36.6 Å². The number of sulfonamides is 1. The minimum Gasteiger partial charge on any atom is -0.481 e. The fourth-order valence-corrected chi connectivity index (χ4v) is 4.05. The highest BCUT2D eigenvalue weighted by Gasteiger charge is 2.29. The van der Waals surface area contributed by atoms with Crippen molar-refractivity contribution in [3.8, 4) is 0 Å². The number of nitrogens with one attached hydrogen (secondary N) is 1. The molecule has 22 heavy (non-hydrogen) atoms. The number of primary amides is 1. The number of carbonyl (C=O) groups excluding carboxylic acids is 1. The van der Waals surface area contributed by atoms with Crippen LogP contribution < -0.4 is 10.5 Å². The van der Waals surface area contributed by atoms with Crippen molar-refractivity contribution in [2.24, 2.45) is 18.7 Å². The van der Waals surface area contributed by atoms with E-state index in [9.17, 15) is 18.0 Å². The fourth-order valence-electron chi connectivity index (χ4n) is 2.67. The van der Waals surface area contributed by atoms with Gasteiger partial charge in [-0.05, 0) is 31.7 Å². The molecule has 0 aromatic carbocycles. The van der Waals surface area contributed by atoms with Crippen LogP contribution in [0.4, 0.5) is 0 Å². The number of aromatic nitrogens is 1. The lowest BCUT2D eigenvalue weighted by atomic mass is 9.87. The van der Waals surface area contributed by atoms with Gasteiger partial charge in [-0.3, -0.25) is 9.59 Å². The van der Waals surface area contributed by atoms with E-state index in [2.05, 4.69) is 4.72 Å². The van der Waals surface area contributed by atoms with Crippen molar-refractivity contribution in [1.82, 2.24) is 9.29 Å². The Hall–Kier alpha value is -1.87. The summed E-state index contributed by atoms with van der Waals surface area (Å²) in [7, 11) is -2.22. The normalized spacial score (nSPS) is 22.4. The molecule has 0 bridgehead atoms. The Kier molecular flexibility index (Phi) is 4.57. The lowest BCUT2D eigenvalue weighted by molar-refractivity contribution is -0.142. The summed E-state index contributed by atoms with van der Waals surface area (Å²) >= 11 is 0. The van der Waals surface area contributed by atoms with Crippen LogP contribution in [0.5, 0.6) is 0 Å². The molecule has 1 heterocycles. The summed E-state index contributed by atoms with van der Waals surface area (Å²) in [5.41, 5.74) is 5.27. The molecular formula is C13H19N3O5S. The third-order valence-electron chi connectivity index (χ3n) is 3.94. The van der Waals surface area contributed by atoms with E-state index >= 15 is 0 Å². The first kappa shape index (κ1) is 16.5. The number of aryl methyl sites for hydroxylation is 1.